The Morgan fingerprint density at radius 3 is 2.47 bits per heavy atom. The van der Waals surface area contributed by atoms with Crippen molar-refractivity contribution in [2.45, 2.75) is 32.4 Å². The zero-order valence-corrected chi connectivity index (χ0v) is 11.1. The maximum atomic E-state index is 12.8. The van der Waals surface area contributed by atoms with E-state index in [9.17, 15) is 13.2 Å². The molecule has 2 nitrogen and oxygen atoms in total. The average Bonchev–Trinajstić information content (AvgIpc) is 2.37. The quantitative estimate of drug-likeness (QED) is 0.750. The number of hydrogen-bond acceptors (Lipinski definition) is 2. The van der Waals surface area contributed by atoms with Crippen LogP contribution in [-0.2, 0) is 6.18 Å². The molecule has 0 aromatic heterocycles. The van der Waals surface area contributed by atoms with Crippen LogP contribution >= 0.6 is 0 Å². The second-order valence-corrected chi connectivity index (χ2v) is 4.47. The molecule has 0 aliphatic heterocycles. The monoisotopic (exact) mass is 270 g/mol. The van der Waals surface area contributed by atoms with Gasteiger partial charge in [0.25, 0.3) is 0 Å². The van der Waals surface area contributed by atoms with Crippen LogP contribution in [0.1, 0.15) is 37.3 Å². The summed E-state index contributed by atoms with van der Waals surface area (Å²) in [5, 5.41) is 8.72. The lowest BCUT2D eigenvalue weighted by Crippen LogP contribution is -2.19. The number of unbranched alkanes of at least 4 members (excludes halogenated alkanes) is 2. The molecule has 1 aromatic rings. The molecule has 0 aliphatic rings. The number of hydrogen-bond donors (Lipinski definition) is 0. The standard InChI is InChI=1S/C14H17F3N2/c1-3-4-5-8-19(2)12-7-6-11(10-18)13(9-12)14(15,16)17/h6-7,9H,3-5,8H2,1-2H3. The van der Waals surface area contributed by atoms with Crippen LogP contribution in [0.15, 0.2) is 18.2 Å². The molecule has 0 saturated carbocycles. The van der Waals surface area contributed by atoms with Gasteiger partial charge >= 0.3 is 6.18 Å². The summed E-state index contributed by atoms with van der Waals surface area (Å²) in [6, 6.07) is 5.41. The van der Waals surface area contributed by atoms with Gasteiger partial charge in [0.05, 0.1) is 17.2 Å². The molecule has 104 valence electrons. The smallest absolute Gasteiger partial charge is 0.375 e. The van der Waals surface area contributed by atoms with E-state index in [1.807, 2.05) is 0 Å². The van der Waals surface area contributed by atoms with Gasteiger partial charge < -0.3 is 4.90 Å². The first-order valence-electron chi connectivity index (χ1n) is 6.22. The predicted octanol–water partition coefficient (Wildman–Crippen LogP) is 4.20. The fourth-order valence-corrected chi connectivity index (χ4v) is 1.83. The number of rotatable bonds is 5. The summed E-state index contributed by atoms with van der Waals surface area (Å²) in [6.45, 7) is 2.78. The van der Waals surface area contributed by atoms with Crippen molar-refractivity contribution >= 4 is 5.69 Å². The Labute approximate surface area is 111 Å². The topological polar surface area (TPSA) is 27.0 Å². The first kappa shape index (κ1) is 15.4. The van der Waals surface area contributed by atoms with E-state index in [1.165, 1.54) is 6.07 Å². The summed E-state index contributed by atoms with van der Waals surface area (Å²) >= 11 is 0. The molecule has 5 heteroatoms. The molecule has 0 heterocycles. The zero-order valence-electron chi connectivity index (χ0n) is 11.1. The molecular weight excluding hydrogens is 253 g/mol. The number of halogens is 3. The zero-order chi connectivity index (χ0) is 14.5. The van der Waals surface area contributed by atoms with Gasteiger partial charge in [0, 0.05) is 19.3 Å². The molecule has 1 rings (SSSR count). The molecule has 0 fully saturated rings. The van der Waals surface area contributed by atoms with Crippen LogP contribution in [0.2, 0.25) is 0 Å². The maximum absolute atomic E-state index is 12.8. The summed E-state index contributed by atoms with van der Waals surface area (Å²) in [6.07, 6.45) is -1.44. The molecule has 19 heavy (non-hydrogen) atoms. The van der Waals surface area contributed by atoms with Crippen molar-refractivity contribution in [3.05, 3.63) is 29.3 Å². The highest BCUT2D eigenvalue weighted by Crippen LogP contribution is 2.34. The Morgan fingerprint density at radius 1 is 1.26 bits per heavy atom. The first-order chi connectivity index (χ1) is 8.90. The van der Waals surface area contributed by atoms with E-state index in [-0.39, 0.29) is 5.56 Å². The van der Waals surface area contributed by atoms with E-state index >= 15 is 0 Å². The number of alkyl halides is 3. The number of anilines is 1. The SMILES string of the molecule is CCCCCN(C)c1ccc(C#N)c(C(F)(F)F)c1. The van der Waals surface area contributed by atoms with E-state index in [1.54, 1.807) is 24.1 Å². The fraction of sp³-hybridized carbons (Fsp3) is 0.500. The number of nitrogens with zero attached hydrogens (tertiary/aromatic N) is 2. The third kappa shape index (κ3) is 4.16. The van der Waals surface area contributed by atoms with Crippen molar-refractivity contribution < 1.29 is 13.2 Å². The summed E-state index contributed by atoms with van der Waals surface area (Å²) in [5.74, 6) is 0. The minimum atomic E-state index is -4.49. The Kier molecular flexibility index (Phi) is 5.22. The van der Waals surface area contributed by atoms with Gasteiger partial charge in [-0.3, -0.25) is 0 Å². The average molecular weight is 270 g/mol. The molecule has 0 bridgehead atoms. The van der Waals surface area contributed by atoms with E-state index in [0.717, 1.165) is 25.3 Å². The summed E-state index contributed by atoms with van der Waals surface area (Å²) in [5.41, 5.74) is -0.713. The molecule has 0 unspecified atom stereocenters. The Morgan fingerprint density at radius 2 is 1.95 bits per heavy atom. The van der Waals surface area contributed by atoms with E-state index < -0.39 is 11.7 Å². The molecule has 0 amide bonds. The van der Waals surface area contributed by atoms with E-state index in [4.69, 9.17) is 5.26 Å². The van der Waals surface area contributed by atoms with Gasteiger partial charge in [-0.1, -0.05) is 19.8 Å². The Balaban J connectivity index is 2.96. The lowest BCUT2D eigenvalue weighted by Gasteiger charge is -2.21. The van der Waals surface area contributed by atoms with Crippen LogP contribution in [0.25, 0.3) is 0 Å². The minimum Gasteiger partial charge on any atom is -0.375 e. The fourth-order valence-electron chi connectivity index (χ4n) is 1.83. The van der Waals surface area contributed by atoms with Crippen LogP contribution in [-0.4, -0.2) is 13.6 Å². The van der Waals surface area contributed by atoms with Gasteiger partial charge in [0.1, 0.15) is 0 Å². The van der Waals surface area contributed by atoms with Gasteiger partial charge in [0.2, 0.25) is 0 Å². The lowest BCUT2D eigenvalue weighted by atomic mass is 10.1. The second kappa shape index (κ2) is 6.46. The molecule has 1 aromatic carbocycles. The lowest BCUT2D eigenvalue weighted by molar-refractivity contribution is -0.137. The molecule has 0 spiro atoms. The largest absolute Gasteiger partial charge is 0.417 e. The highest BCUT2D eigenvalue weighted by atomic mass is 19.4. The normalized spacial score (nSPS) is 11.2. The van der Waals surface area contributed by atoms with Crippen molar-refractivity contribution in [3.63, 3.8) is 0 Å². The van der Waals surface area contributed by atoms with Crippen molar-refractivity contribution in [3.8, 4) is 6.07 Å². The molecule has 0 N–H and O–H groups in total. The van der Waals surface area contributed by atoms with Gasteiger partial charge in [-0.15, -0.1) is 0 Å². The Hall–Kier alpha value is -1.70. The summed E-state index contributed by atoms with van der Waals surface area (Å²) in [7, 11) is 1.76. The van der Waals surface area contributed by atoms with Crippen LogP contribution in [0, 0.1) is 11.3 Å². The minimum absolute atomic E-state index is 0.335. The van der Waals surface area contributed by atoms with Crippen LogP contribution < -0.4 is 4.90 Å². The first-order valence-corrected chi connectivity index (χ1v) is 6.22. The van der Waals surface area contributed by atoms with E-state index in [2.05, 4.69) is 6.92 Å². The Bertz CT molecular complexity index is 461. The highest BCUT2D eigenvalue weighted by molar-refractivity contribution is 5.54. The maximum Gasteiger partial charge on any atom is 0.417 e. The highest BCUT2D eigenvalue weighted by Gasteiger charge is 2.34. The van der Waals surface area contributed by atoms with Crippen LogP contribution in [0.4, 0.5) is 18.9 Å². The van der Waals surface area contributed by atoms with E-state index in [0.29, 0.717) is 12.2 Å². The van der Waals surface area contributed by atoms with Crippen molar-refractivity contribution in [1.82, 2.24) is 0 Å². The van der Waals surface area contributed by atoms with Gasteiger partial charge in [0.15, 0.2) is 0 Å². The predicted molar refractivity (Wildman–Crippen MR) is 69.0 cm³/mol. The summed E-state index contributed by atoms with van der Waals surface area (Å²) in [4.78, 5) is 1.78. The number of benzene rings is 1. The third-order valence-corrected chi connectivity index (χ3v) is 2.97. The van der Waals surface area contributed by atoms with Crippen LogP contribution in [0.3, 0.4) is 0 Å². The third-order valence-electron chi connectivity index (χ3n) is 2.97. The summed E-state index contributed by atoms with van der Waals surface area (Å²) < 4.78 is 38.4. The number of nitriles is 1. The molecule has 0 atom stereocenters. The molecule has 0 aliphatic carbocycles. The van der Waals surface area contributed by atoms with Crippen LogP contribution in [0.5, 0.6) is 0 Å². The van der Waals surface area contributed by atoms with Crippen molar-refractivity contribution in [2.24, 2.45) is 0 Å². The van der Waals surface area contributed by atoms with Crippen molar-refractivity contribution in [1.29, 1.82) is 5.26 Å². The van der Waals surface area contributed by atoms with Gasteiger partial charge in [-0.2, -0.15) is 18.4 Å². The van der Waals surface area contributed by atoms with Crippen molar-refractivity contribution in [2.75, 3.05) is 18.5 Å². The van der Waals surface area contributed by atoms with Gasteiger partial charge in [-0.25, -0.2) is 0 Å². The molecular formula is C14H17F3N2. The molecule has 0 saturated heterocycles. The molecule has 0 radical (unpaired) electrons. The van der Waals surface area contributed by atoms with Gasteiger partial charge in [-0.05, 0) is 24.6 Å². The second-order valence-electron chi connectivity index (χ2n) is 4.47.